The van der Waals surface area contributed by atoms with E-state index in [2.05, 4.69) is 5.32 Å². The first-order valence-electron chi connectivity index (χ1n) is 8.50. The van der Waals surface area contributed by atoms with Crippen molar-refractivity contribution in [1.82, 2.24) is 10.2 Å². The van der Waals surface area contributed by atoms with Gasteiger partial charge in [0.2, 0.25) is 5.91 Å². The maximum absolute atomic E-state index is 12.4. The highest BCUT2D eigenvalue weighted by atomic mass is 16.3. The molecule has 0 bridgehead atoms. The van der Waals surface area contributed by atoms with Crippen molar-refractivity contribution in [1.29, 1.82) is 0 Å². The summed E-state index contributed by atoms with van der Waals surface area (Å²) in [7, 11) is 0. The molecule has 1 aliphatic heterocycles. The van der Waals surface area contributed by atoms with Gasteiger partial charge < -0.3 is 15.3 Å². The number of amides is 2. The van der Waals surface area contributed by atoms with E-state index in [4.69, 9.17) is 0 Å². The maximum Gasteiger partial charge on any atom is 0.251 e. The van der Waals surface area contributed by atoms with Gasteiger partial charge in [0.25, 0.3) is 5.91 Å². The van der Waals surface area contributed by atoms with Gasteiger partial charge in [0.05, 0.1) is 6.61 Å². The van der Waals surface area contributed by atoms with Crippen LogP contribution in [0.5, 0.6) is 0 Å². The minimum Gasteiger partial charge on any atom is -0.392 e. The fourth-order valence-electron chi connectivity index (χ4n) is 3.06. The smallest absolute Gasteiger partial charge is 0.251 e. The molecule has 2 aromatic carbocycles. The van der Waals surface area contributed by atoms with E-state index >= 15 is 0 Å². The Hall–Kier alpha value is -2.66. The predicted molar refractivity (Wildman–Crippen MR) is 94.6 cm³/mol. The molecule has 1 saturated heterocycles. The summed E-state index contributed by atoms with van der Waals surface area (Å²) in [5.74, 6) is 0.0119. The van der Waals surface area contributed by atoms with Crippen molar-refractivity contribution in [2.75, 3.05) is 6.54 Å². The first-order chi connectivity index (χ1) is 12.2. The second kappa shape index (κ2) is 7.94. The Morgan fingerprint density at radius 2 is 1.92 bits per heavy atom. The van der Waals surface area contributed by atoms with Gasteiger partial charge in [0.15, 0.2) is 0 Å². The third-order valence-electron chi connectivity index (χ3n) is 4.46. The molecule has 25 heavy (non-hydrogen) atoms. The zero-order chi connectivity index (χ0) is 17.6. The molecule has 2 N–H and O–H groups in total. The summed E-state index contributed by atoms with van der Waals surface area (Å²) in [6.07, 6.45) is 1.52. The highest BCUT2D eigenvalue weighted by Gasteiger charge is 2.20. The normalized spacial score (nSPS) is 14.0. The van der Waals surface area contributed by atoms with Crippen LogP contribution in [0.3, 0.4) is 0 Å². The Bertz CT molecular complexity index is 773. The first kappa shape index (κ1) is 17.2. The molecule has 0 radical (unpaired) electrons. The number of aliphatic hydroxyl groups is 1. The van der Waals surface area contributed by atoms with Crippen LogP contribution >= 0.6 is 0 Å². The number of rotatable bonds is 6. The molecule has 0 aliphatic carbocycles. The third-order valence-corrected chi connectivity index (χ3v) is 4.46. The summed E-state index contributed by atoms with van der Waals surface area (Å²) in [6.45, 7) is 1.65. The Morgan fingerprint density at radius 3 is 2.64 bits per heavy atom. The molecule has 0 atom stereocenters. The summed E-state index contributed by atoms with van der Waals surface area (Å²) < 4.78 is 0. The molecular weight excluding hydrogens is 316 g/mol. The van der Waals surface area contributed by atoms with Gasteiger partial charge in [-0.15, -0.1) is 0 Å². The predicted octanol–water partition coefficient (Wildman–Crippen LogP) is 2.23. The van der Waals surface area contributed by atoms with Gasteiger partial charge in [0.1, 0.15) is 0 Å². The van der Waals surface area contributed by atoms with E-state index in [9.17, 15) is 14.7 Å². The molecule has 0 spiro atoms. The summed E-state index contributed by atoms with van der Waals surface area (Å²) in [4.78, 5) is 26.0. The molecule has 130 valence electrons. The average molecular weight is 338 g/mol. The third kappa shape index (κ3) is 4.25. The minimum absolute atomic E-state index is 0.0502. The number of nitrogens with zero attached hydrogens (tertiary/aromatic N) is 1. The average Bonchev–Trinajstić information content (AvgIpc) is 3.04. The number of carbonyl (C=O) groups is 2. The SMILES string of the molecule is O=C(NCc1ccccc1CO)c1cccc(CN2CCCC2=O)c1. The topological polar surface area (TPSA) is 69.6 Å². The van der Waals surface area contributed by atoms with Crippen molar-refractivity contribution in [3.8, 4) is 0 Å². The van der Waals surface area contributed by atoms with Crippen molar-refractivity contribution >= 4 is 11.8 Å². The van der Waals surface area contributed by atoms with Gasteiger partial charge in [-0.1, -0.05) is 36.4 Å². The number of nitrogens with one attached hydrogen (secondary N) is 1. The van der Waals surface area contributed by atoms with E-state index in [1.807, 2.05) is 47.4 Å². The molecule has 2 amide bonds. The summed E-state index contributed by atoms with van der Waals surface area (Å²) in [6, 6.07) is 14.8. The number of likely N-dealkylation sites (tertiary alicyclic amines) is 1. The number of benzene rings is 2. The van der Waals surface area contributed by atoms with Crippen LogP contribution in [0.4, 0.5) is 0 Å². The fourth-order valence-corrected chi connectivity index (χ4v) is 3.06. The lowest BCUT2D eigenvalue weighted by Gasteiger charge is -2.16. The van der Waals surface area contributed by atoms with Crippen LogP contribution in [0.25, 0.3) is 0 Å². The van der Waals surface area contributed by atoms with Crippen LogP contribution < -0.4 is 5.32 Å². The Kier molecular flexibility index (Phi) is 5.46. The van der Waals surface area contributed by atoms with Crippen LogP contribution in [-0.2, 0) is 24.5 Å². The van der Waals surface area contributed by atoms with Crippen molar-refractivity contribution in [2.45, 2.75) is 32.5 Å². The Balaban J connectivity index is 1.64. The molecular formula is C20H22N2O3. The molecule has 5 heteroatoms. The van der Waals surface area contributed by atoms with E-state index < -0.39 is 0 Å². The van der Waals surface area contributed by atoms with E-state index in [1.165, 1.54) is 0 Å². The van der Waals surface area contributed by atoms with Gasteiger partial charge in [-0.2, -0.15) is 0 Å². The minimum atomic E-state index is -0.164. The van der Waals surface area contributed by atoms with E-state index in [1.54, 1.807) is 6.07 Å². The van der Waals surface area contributed by atoms with Gasteiger partial charge >= 0.3 is 0 Å². The van der Waals surface area contributed by atoms with Crippen LogP contribution in [0.15, 0.2) is 48.5 Å². The van der Waals surface area contributed by atoms with Gasteiger partial charge in [-0.25, -0.2) is 0 Å². The number of hydrogen-bond donors (Lipinski definition) is 2. The van der Waals surface area contributed by atoms with Crippen molar-refractivity contribution < 1.29 is 14.7 Å². The molecule has 0 saturated carbocycles. The first-order valence-corrected chi connectivity index (χ1v) is 8.50. The van der Waals surface area contributed by atoms with Gasteiger partial charge in [0, 0.05) is 31.6 Å². The quantitative estimate of drug-likeness (QED) is 0.849. The molecule has 0 aromatic heterocycles. The lowest BCUT2D eigenvalue weighted by Crippen LogP contribution is -2.25. The van der Waals surface area contributed by atoms with Crippen LogP contribution in [0.2, 0.25) is 0 Å². The standard InChI is InChI=1S/C20H22N2O3/c23-14-18-7-2-1-6-17(18)12-21-20(25)16-8-3-5-15(11-16)13-22-10-4-9-19(22)24/h1-3,5-8,11,23H,4,9-10,12-14H2,(H,21,25). The molecule has 3 rings (SSSR count). The second-order valence-corrected chi connectivity index (χ2v) is 6.23. The summed E-state index contributed by atoms with van der Waals surface area (Å²) in [5, 5.41) is 12.2. The van der Waals surface area contributed by atoms with Crippen LogP contribution in [0.1, 0.15) is 39.9 Å². The summed E-state index contributed by atoms with van der Waals surface area (Å²) >= 11 is 0. The van der Waals surface area contributed by atoms with Crippen LogP contribution in [-0.4, -0.2) is 28.4 Å². The molecule has 1 fully saturated rings. The highest BCUT2D eigenvalue weighted by molar-refractivity contribution is 5.94. The number of carbonyl (C=O) groups excluding carboxylic acids is 2. The summed E-state index contributed by atoms with van der Waals surface area (Å²) in [5.41, 5.74) is 3.24. The highest BCUT2D eigenvalue weighted by Crippen LogP contribution is 2.15. The van der Waals surface area contributed by atoms with E-state index in [0.717, 1.165) is 29.7 Å². The molecule has 5 nitrogen and oxygen atoms in total. The molecule has 0 unspecified atom stereocenters. The lowest BCUT2D eigenvalue weighted by molar-refractivity contribution is -0.128. The Labute approximate surface area is 147 Å². The van der Waals surface area contributed by atoms with Crippen molar-refractivity contribution in [3.05, 3.63) is 70.8 Å². The number of hydrogen-bond acceptors (Lipinski definition) is 3. The Morgan fingerprint density at radius 1 is 1.12 bits per heavy atom. The van der Waals surface area contributed by atoms with E-state index in [0.29, 0.717) is 25.1 Å². The number of aliphatic hydroxyl groups excluding tert-OH is 1. The fraction of sp³-hybridized carbons (Fsp3) is 0.300. The molecule has 1 heterocycles. The zero-order valence-electron chi connectivity index (χ0n) is 14.1. The van der Waals surface area contributed by atoms with Crippen molar-refractivity contribution in [2.24, 2.45) is 0 Å². The van der Waals surface area contributed by atoms with Crippen LogP contribution in [0, 0.1) is 0 Å². The second-order valence-electron chi connectivity index (χ2n) is 6.23. The van der Waals surface area contributed by atoms with Crippen molar-refractivity contribution in [3.63, 3.8) is 0 Å². The largest absolute Gasteiger partial charge is 0.392 e. The molecule has 1 aliphatic rings. The molecule has 2 aromatic rings. The van der Waals surface area contributed by atoms with Gasteiger partial charge in [-0.05, 0) is 35.2 Å². The monoisotopic (exact) mass is 338 g/mol. The van der Waals surface area contributed by atoms with E-state index in [-0.39, 0.29) is 18.4 Å². The zero-order valence-corrected chi connectivity index (χ0v) is 14.1. The maximum atomic E-state index is 12.4. The lowest BCUT2D eigenvalue weighted by atomic mass is 10.1. The van der Waals surface area contributed by atoms with Gasteiger partial charge in [-0.3, -0.25) is 9.59 Å².